The molecule has 21 heavy (non-hydrogen) atoms. The van der Waals surface area contributed by atoms with Crippen molar-refractivity contribution in [1.82, 2.24) is 15.2 Å². The quantitative estimate of drug-likeness (QED) is 0.807. The van der Waals surface area contributed by atoms with Crippen LogP contribution in [0, 0.1) is 0 Å². The van der Waals surface area contributed by atoms with Gasteiger partial charge in [0.1, 0.15) is 5.52 Å². The summed E-state index contributed by atoms with van der Waals surface area (Å²) < 4.78 is 5.83. The molecule has 4 nitrogen and oxygen atoms in total. The Kier molecular flexibility index (Phi) is 3.47. The molecule has 0 amide bonds. The molecule has 0 radical (unpaired) electrons. The van der Waals surface area contributed by atoms with Gasteiger partial charge < -0.3 is 9.73 Å². The van der Waals surface area contributed by atoms with E-state index in [1.54, 1.807) is 11.3 Å². The first kappa shape index (κ1) is 13.0. The predicted octanol–water partition coefficient (Wildman–Crippen LogP) is 2.96. The molecule has 1 aliphatic heterocycles. The number of nitrogens with one attached hydrogen (secondary N) is 1. The van der Waals surface area contributed by atoms with E-state index < -0.39 is 0 Å². The van der Waals surface area contributed by atoms with Crippen LogP contribution < -0.4 is 5.32 Å². The molecule has 108 valence electrons. The standard InChI is InChI=1S/C16H17N3OS/c1-2-15(21-9-1)16-18-13-10-12(3-4-14(13)20-16)11-19-7-5-17-6-8-19/h1-4,9-10,17H,5-8,11H2. The van der Waals surface area contributed by atoms with E-state index >= 15 is 0 Å². The summed E-state index contributed by atoms with van der Waals surface area (Å²) in [6.45, 7) is 5.36. The largest absolute Gasteiger partial charge is 0.435 e. The molecule has 0 bridgehead atoms. The molecule has 3 heterocycles. The Morgan fingerprint density at radius 3 is 2.95 bits per heavy atom. The number of oxazole rings is 1. The van der Waals surface area contributed by atoms with Gasteiger partial charge in [-0.3, -0.25) is 4.90 Å². The summed E-state index contributed by atoms with van der Waals surface area (Å²) >= 11 is 1.65. The van der Waals surface area contributed by atoms with Crippen LogP contribution >= 0.6 is 11.3 Å². The van der Waals surface area contributed by atoms with Crippen LogP contribution in [0.15, 0.2) is 40.1 Å². The summed E-state index contributed by atoms with van der Waals surface area (Å²) in [5, 5.41) is 5.42. The van der Waals surface area contributed by atoms with Gasteiger partial charge in [0, 0.05) is 32.7 Å². The second kappa shape index (κ2) is 5.60. The van der Waals surface area contributed by atoms with E-state index in [0.29, 0.717) is 0 Å². The fourth-order valence-electron chi connectivity index (χ4n) is 2.70. The lowest BCUT2D eigenvalue weighted by atomic mass is 10.2. The van der Waals surface area contributed by atoms with Crippen molar-refractivity contribution in [1.29, 1.82) is 0 Å². The summed E-state index contributed by atoms with van der Waals surface area (Å²) in [5.41, 5.74) is 3.11. The van der Waals surface area contributed by atoms with Gasteiger partial charge in [0.25, 0.3) is 0 Å². The highest BCUT2D eigenvalue weighted by molar-refractivity contribution is 7.13. The molecule has 1 N–H and O–H groups in total. The molecule has 1 aliphatic rings. The Hall–Kier alpha value is -1.69. The minimum absolute atomic E-state index is 0.722. The van der Waals surface area contributed by atoms with Crippen LogP contribution in [-0.4, -0.2) is 36.1 Å². The molecule has 0 unspecified atom stereocenters. The Bertz CT molecular complexity index is 729. The SMILES string of the molecule is c1csc(-c2nc3cc(CN4CCNCC4)ccc3o2)c1. The van der Waals surface area contributed by atoms with Crippen molar-refractivity contribution in [3.05, 3.63) is 41.3 Å². The Morgan fingerprint density at radius 1 is 1.24 bits per heavy atom. The van der Waals surface area contributed by atoms with Crippen molar-refractivity contribution in [2.75, 3.05) is 26.2 Å². The third kappa shape index (κ3) is 2.72. The van der Waals surface area contributed by atoms with Crippen molar-refractivity contribution in [3.8, 4) is 10.8 Å². The normalized spacial score (nSPS) is 16.6. The zero-order chi connectivity index (χ0) is 14.1. The monoisotopic (exact) mass is 299 g/mol. The number of rotatable bonds is 3. The van der Waals surface area contributed by atoms with E-state index in [-0.39, 0.29) is 0 Å². The van der Waals surface area contributed by atoms with E-state index in [1.807, 2.05) is 23.6 Å². The number of aromatic nitrogens is 1. The van der Waals surface area contributed by atoms with E-state index in [4.69, 9.17) is 4.42 Å². The zero-order valence-electron chi connectivity index (χ0n) is 11.7. The zero-order valence-corrected chi connectivity index (χ0v) is 12.5. The Labute approximate surface area is 127 Å². The Morgan fingerprint density at radius 2 is 2.14 bits per heavy atom. The summed E-state index contributed by atoms with van der Waals surface area (Å²) in [7, 11) is 0. The van der Waals surface area contributed by atoms with Crippen LogP contribution in [0.2, 0.25) is 0 Å². The van der Waals surface area contributed by atoms with Gasteiger partial charge in [-0.1, -0.05) is 12.1 Å². The fraction of sp³-hybridized carbons (Fsp3) is 0.312. The molecule has 5 heteroatoms. The van der Waals surface area contributed by atoms with Crippen LogP contribution in [0.3, 0.4) is 0 Å². The third-order valence-electron chi connectivity index (χ3n) is 3.80. The van der Waals surface area contributed by atoms with E-state index in [2.05, 4.69) is 27.3 Å². The molecule has 3 aromatic rings. The lowest BCUT2D eigenvalue weighted by Gasteiger charge is -2.27. The maximum absolute atomic E-state index is 5.83. The minimum atomic E-state index is 0.722. The van der Waals surface area contributed by atoms with Crippen LogP contribution in [0.4, 0.5) is 0 Å². The van der Waals surface area contributed by atoms with E-state index in [1.165, 1.54) is 5.56 Å². The molecule has 4 rings (SSSR count). The lowest BCUT2D eigenvalue weighted by molar-refractivity contribution is 0.233. The highest BCUT2D eigenvalue weighted by Gasteiger charge is 2.12. The second-order valence-electron chi connectivity index (χ2n) is 5.32. The van der Waals surface area contributed by atoms with Gasteiger partial charge in [0.2, 0.25) is 5.89 Å². The topological polar surface area (TPSA) is 41.3 Å². The second-order valence-corrected chi connectivity index (χ2v) is 6.27. The smallest absolute Gasteiger partial charge is 0.237 e. The van der Waals surface area contributed by atoms with Gasteiger partial charge in [0.05, 0.1) is 4.88 Å². The van der Waals surface area contributed by atoms with Gasteiger partial charge in [-0.25, -0.2) is 4.98 Å². The van der Waals surface area contributed by atoms with Crippen molar-refractivity contribution >= 4 is 22.4 Å². The number of hydrogen-bond acceptors (Lipinski definition) is 5. The maximum atomic E-state index is 5.83. The van der Waals surface area contributed by atoms with Crippen molar-refractivity contribution in [3.63, 3.8) is 0 Å². The lowest BCUT2D eigenvalue weighted by Crippen LogP contribution is -2.42. The molecule has 0 spiro atoms. The highest BCUT2D eigenvalue weighted by Crippen LogP contribution is 2.28. The minimum Gasteiger partial charge on any atom is -0.435 e. The number of thiophene rings is 1. The molecule has 1 fully saturated rings. The van der Waals surface area contributed by atoms with Gasteiger partial charge >= 0.3 is 0 Å². The molecule has 2 aromatic heterocycles. The van der Waals surface area contributed by atoms with Gasteiger partial charge in [-0.15, -0.1) is 11.3 Å². The maximum Gasteiger partial charge on any atom is 0.237 e. The number of nitrogens with zero attached hydrogens (tertiary/aromatic N) is 2. The average molecular weight is 299 g/mol. The van der Waals surface area contributed by atoms with Crippen LogP contribution in [-0.2, 0) is 6.54 Å². The number of piperazine rings is 1. The number of hydrogen-bond donors (Lipinski definition) is 1. The predicted molar refractivity (Wildman–Crippen MR) is 85.5 cm³/mol. The first-order valence-electron chi connectivity index (χ1n) is 7.25. The molecule has 0 atom stereocenters. The Balaban J connectivity index is 1.60. The average Bonchev–Trinajstić information content (AvgIpc) is 3.17. The summed E-state index contributed by atoms with van der Waals surface area (Å²) in [5.74, 6) is 0.722. The number of fused-ring (bicyclic) bond motifs is 1. The molecular formula is C16H17N3OS. The van der Waals surface area contributed by atoms with Crippen molar-refractivity contribution in [2.45, 2.75) is 6.54 Å². The van der Waals surface area contributed by atoms with Crippen molar-refractivity contribution < 1.29 is 4.42 Å². The molecule has 1 saturated heterocycles. The van der Waals surface area contributed by atoms with Crippen LogP contribution in [0.5, 0.6) is 0 Å². The van der Waals surface area contributed by atoms with Crippen LogP contribution in [0.1, 0.15) is 5.56 Å². The van der Waals surface area contributed by atoms with Gasteiger partial charge in [0.15, 0.2) is 5.58 Å². The first-order chi connectivity index (χ1) is 10.4. The first-order valence-corrected chi connectivity index (χ1v) is 8.13. The number of benzene rings is 1. The van der Waals surface area contributed by atoms with E-state index in [9.17, 15) is 0 Å². The van der Waals surface area contributed by atoms with Crippen LogP contribution in [0.25, 0.3) is 21.9 Å². The van der Waals surface area contributed by atoms with E-state index in [0.717, 1.165) is 54.6 Å². The fourth-order valence-corrected chi connectivity index (χ4v) is 3.35. The highest BCUT2D eigenvalue weighted by atomic mass is 32.1. The molecule has 0 saturated carbocycles. The van der Waals surface area contributed by atoms with Gasteiger partial charge in [-0.2, -0.15) is 0 Å². The third-order valence-corrected chi connectivity index (χ3v) is 4.66. The van der Waals surface area contributed by atoms with Gasteiger partial charge in [-0.05, 0) is 29.1 Å². The summed E-state index contributed by atoms with van der Waals surface area (Å²) in [4.78, 5) is 8.17. The van der Waals surface area contributed by atoms with Crippen molar-refractivity contribution in [2.24, 2.45) is 0 Å². The summed E-state index contributed by atoms with van der Waals surface area (Å²) in [6.07, 6.45) is 0. The molecular weight excluding hydrogens is 282 g/mol. The molecule has 1 aromatic carbocycles. The molecule has 0 aliphatic carbocycles. The summed E-state index contributed by atoms with van der Waals surface area (Å²) in [6, 6.07) is 10.4.